The lowest BCUT2D eigenvalue weighted by molar-refractivity contribution is -0.194. The Balaban J connectivity index is 1.46. The molecule has 7 rings (SSSR count). The zero-order chi connectivity index (χ0) is 28.3. The zero-order valence-corrected chi connectivity index (χ0v) is 23.8. The Morgan fingerprint density at radius 1 is 1.05 bits per heavy atom. The number of anilines is 1. The van der Waals surface area contributed by atoms with Crippen LogP contribution in [0.25, 0.3) is 0 Å². The maximum atomic E-state index is 14.3. The largest absolute Gasteiger partial charge is 0.481 e. The van der Waals surface area contributed by atoms with Crippen molar-refractivity contribution in [1.82, 2.24) is 0 Å². The minimum Gasteiger partial charge on any atom is -0.481 e. The Bertz CT molecular complexity index is 1420. The highest BCUT2D eigenvalue weighted by Crippen LogP contribution is 2.74. The smallest absolute Gasteiger partial charge is 0.309 e. The van der Waals surface area contributed by atoms with Crippen molar-refractivity contribution in [2.45, 2.75) is 71.1 Å². The van der Waals surface area contributed by atoms with Gasteiger partial charge in [-0.3, -0.25) is 19.3 Å². The van der Waals surface area contributed by atoms with E-state index in [0.717, 1.165) is 25.7 Å². The highest BCUT2D eigenvalue weighted by Gasteiger charge is 2.73. The molecule has 8 nitrogen and oxygen atoms in total. The summed E-state index contributed by atoms with van der Waals surface area (Å²) in [7, 11) is -3.90. The van der Waals surface area contributed by atoms with E-state index in [9.17, 15) is 27.9 Å². The number of carboxylic acid groups (broad SMARTS) is 1. The number of carbonyl (C=O) groups is 3. The van der Waals surface area contributed by atoms with Gasteiger partial charge in [0.1, 0.15) is 0 Å². The van der Waals surface area contributed by atoms with E-state index >= 15 is 0 Å². The lowest BCUT2D eigenvalue weighted by Crippen LogP contribution is -2.65. The summed E-state index contributed by atoms with van der Waals surface area (Å²) in [4.78, 5) is 42.1. The topological polar surface area (TPSA) is 135 Å². The number of carbonyl (C=O) groups excluding carboxylic acids is 2. The molecule has 0 radical (unpaired) electrons. The monoisotopic (exact) mass is 554 g/mol. The normalized spacial score (nSPS) is 41.2. The Hall–Kier alpha value is -2.52. The number of hydrogen-bond donors (Lipinski definition) is 2. The minimum atomic E-state index is -3.90. The molecule has 3 N–H and O–H groups in total. The molecule has 1 aromatic carbocycles. The number of imide groups is 1. The van der Waals surface area contributed by atoms with Crippen molar-refractivity contribution in [3.8, 4) is 0 Å². The first-order chi connectivity index (χ1) is 18.2. The quantitative estimate of drug-likeness (QED) is 0.420. The van der Waals surface area contributed by atoms with E-state index in [1.807, 2.05) is 6.92 Å². The molecule has 0 unspecified atom stereocenters. The van der Waals surface area contributed by atoms with E-state index in [1.165, 1.54) is 34.7 Å². The van der Waals surface area contributed by atoms with E-state index < -0.39 is 38.7 Å². The van der Waals surface area contributed by atoms with E-state index in [2.05, 4.69) is 26.8 Å². The third kappa shape index (κ3) is 3.38. The van der Waals surface area contributed by atoms with Crippen LogP contribution < -0.4 is 10.0 Å². The maximum Gasteiger partial charge on any atom is 0.309 e. The Labute approximate surface area is 230 Å². The van der Waals surface area contributed by atoms with Gasteiger partial charge in [-0.1, -0.05) is 38.8 Å². The molecular formula is C30H38N2O6S. The summed E-state index contributed by atoms with van der Waals surface area (Å²) < 4.78 is 23.5. The number of fused-ring (bicyclic) bond motifs is 1. The van der Waals surface area contributed by atoms with Crippen molar-refractivity contribution >= 4 is 33.5 Å². The van der Waals surface area contributed by atoms with E-state index in [1.54, 1.807) is 0 Å². The molecule has 39 heavy (non-hydrogen) atoms. The van der Waals surface area contributed by atoms with Crippen molar-refractivity contribution in [2.75, 3.05) is 4.90 Å². The summed E-state index contributed by atoms with van der Waals surface area (Å²) in [5.74, 6) is -1.80. The molecule has 210 valence electrons. The number of allylic oxidation sites excluding steroid dienone is 2. The van der Waals surface area contributed by atoms with Gasteiger partial charge in [0.05, 0.1) is 27.8 Å². The average molecular weight is 555 g/mol. The van der Waals surface area contributed by atoms with E-state index in [4.69, 9.17) is 5.14 Å². The number of hydrogen-bond acceptors (Lipinski definition) is 5. The molecule has 8 atom stereocenters. The Kier molecular flexibility index (Phi) is 5.65. The van der Waals surface area contributed by atoms with Crippen LogP contribution in [0.2, 0.25) is 0 Å². The molecule has 1 saturated heterocycles. The van der Waals surface area contributed by atoms with Gasteiger partial charge >= 0.3 is 5.97 Å². The Morgan fingerprint density at radius 2 is 1.72 bits per heavy atom. The fourth-order valence-corrected chi connectivity index (χ4v) is 10.5. The van der Waals surface area contributed by atoms with E-state index in [0.29, 0.717) is 18.5 Å². The van der Waals surface area contributed by atoms with Gasteiger partial charge in [0, 0.05) is 5.41 Å². The molecule has 2 amide bonds. The van der Waals surface area contributed by atoms with Crippen LogP contribution in [-0.4, -0.2) is 31.3 Å². The maximum absolute atomic E-state index is 14.3. The fourth-order valence-electron chi connectivity index (χ4n) is 10.00. The van der Waals surface area contributed by atoms with Crippen LogP contribution in [0, 0.1) is 51.8 Å². The van der Waals surface area contributed by atoms with Gasteiger partial charge in [0.15, 0.2) is 0 Å². The summed E-state index contributed by atoms with van der Waals surface area (Å²) in [6, 6.07) is 5.64. The van der Waals surface area contributed by atoms with Crippen LogP contribution in [0.1, 0.15) is 66.2 Å². The van der Waals surface area contributed by atoms with Crippen molar-refractivity contribution in [2.24, 2.45) is 56.9 Å². The molecule has 1 aromatic rings. The summed E-state index contributed by atoms with van der Waals surface area (Å²) >= 11 is 0. The summed E-state index contributed by atoms with van der Waals surface area (Å²) in [5.41, 5.74) is 0.0882. The number of nitrogens with zero attached hydrogens (tertiary/aromatic N) is 1. The number of carboxylic acids is 1. The summed E-state index contributed by atoms with van der Waals surface area (Å²) in [6.45, 7) is 8.46. The summed E-state index contributed by atoms with van der Waals surface area (Å²) in [5, 5.41) is 15.5. The van der Waals surface area contributed by atoms with Gasteiger partial charge in [0.2, 0.25) is 21.8 Å². The lowest BCUT2D eigenvalue weighted by Gasteiger charge is -2.68. The predicted octanol–water partition coefficient (Wildman–Crippen LogP) is 4.35. The third-order valence-corrected chi connectivity index (χ3v) is 12.5. The standard InChI is InChI=1S/C30H38N2O6S/c1-16(2)20-15-30-13-10-21-28(3,11-5-12-29(21,4)27(35)36)22(30)14-19(20)23-24(30)26(34)32(25(23)33)17-6-8-18(9-7-17)39(31,37)38/h6-9,15-16,19,21-24H,5,10-14H2,1-4H3,(H,35,36)(H2,31,37,38)/t19-,21-,22-,23+,24+,28-,29+,30+/m0/s1. The average Bonchev–Trinajstić information content (AvgIpc) is 3.14. The van der Waals surface area contributed by atoms with Crippen LogP contribution in [0.5, 0.6) is 0 Å². The number of nitrogens with two attached hydrogens (primary N) is 1. The molecule has 1 aliphatic heterocycles. The first kappa shape index (κ1) is 26.7. The molecular weight excluding hydrogens is 516 g/mol. The Morgan fingerprint density at radius 3 is 2.31 bits per heavy atom. The van der Waals surface area contributed by atoms with Gasteiger partial charge in [0.25, 0.3) is 0 Å². The first-order valence-corrected chi connectivity index (χ1v) is 15.7. The highest BCUT2D eigenvalue weighted by molar-refractivity contribution is 7.89. The van der Waals surface area contributed by atoms with Gasteiger partial charge in [-0.15, -0.1) is 0 Å². The van der Waals surface area contributed by atoms with Crippen LogP contribution in [0.15, 0.2) is 40.8 Å². The lowest BCUT2D eigenvalue weighted by atomic mass is 9.34. The number of rotatable bonds is 4. The molecule has 6 aliphatic rings. The molecule has 1 heterocycles. The predicted molar refractivity (Wildman–Crippen MR) is 145 cm³/mol. The number of amides is 2. The number of primary sulfonamides is 1. The molecule has 2 bridgehead atoms. The molecule has 4 fully saturated rings. The molecule has 3 saturated carbocycles. The van der Waals surface area contributed by atoms with Crippen molar-refractivity contribution in [3.05, 3.63) is 35.9 Å². The number of benzene rings is 1. The number of aliphatic carboxylic acids is 1. The zero-order valence-electron chi connectivity index (χ0n) is 23.0. The van der Waals surface area contributed by atoms with Crippen molar-refractivity contribution < 1.29 is 27.9 Å². The van der Waals surface area contributed by atoms with Crippen LogP contribution in [-0.2, 0) is 24.4 Å². The van der Waals surface area contributed by atoms with Gasteiger partial charge < -0.3 is 5.11 Å². The van der Waals surface area contributed by atoms with Gasteiger partial charge in [-0.2, -0.15) is 0 Å². The molecule has 1 spiro atoms. The van der Waals surface area contributed by atoms with Gasteiger partial charge in [-0.05, 0) is 92.4 Å². The fraction of sp³-hybridized carbons (Fsp3) is 0.633. The number of sulfonamides is 1. The highest BCUT2D eigenvalue weighted by atomic mass is 32.2. The second-order valence-electron chi connectivity index (χ2n) is 13.5. The minimum absolute atomic E-state index is 0.0228. The second-order valence-corrected chi connectivity index (χ2v) is 15.1. The van der Waals surface area contributed by atoms with Crippen molar-refractivity contribution in [1.29, 1.82) is 0 Å². The van der Waals surface area contributed by atoms with Gasteiger partial charge in [-0.25, -0.2) is 13.6 Å². The van der Waals surface area contributed by atoms with E-state index in [-0.39, 0.29) is 45.8 Å². The van der Waals surface area contributed by atoms with Crippen LogP contribution in [0.4, 0.5) is 5.69 Å². The molecule has 0 aromatic heterocycles. The SMILES string of the molecule is CC(C)C1=C[C@]23CC[C@H]4[C@](C)(CCC[C@@]4(C)C(=O)O)[C@@H]2C[C@@H]1[C@H]1C(=O)N(c2ccc(S(N)(=O)=O)cc2)C(=O)[C@@H]13. The van der Waals surface area contributed by atoms with Crippen LogP contribution in [0.3, 0.4) is 0 Å². The second kappa shape index (κ2) is 8.26. The third-order valence-electron chi connectivity index (χ3n) is 11.6. The summed E-state index contributed by atoms with van der Waals surface area (Å²) in [6.07, 6.45) is 7.01. The first-order valence-electron chi connectivity index (χ1n) is 14.1. The van der Waals surface area contributed by atoms with Crippen molar-refractivity contribution in [3.63, 3.8) is 0 Å². The molecule has 5 aliphatic carbocycles. The van der Waals surface area contributed by atoms with Crippen LogP contribution >= 0.6 is 0 Å². The molecule has 9 heteroatoms.